The second-order valence-corrected chi connectivity index (χ2v) is 12.5. The second-order valence-electron chi connectivity index (χ2n) is 12.1. The van der Waals surface area contributed by atoms with Gasteiger partial charge in [0.25, 0.3) is 11.5 Å². The number of nitrogens with zero attached hydrogens (tertiary/aromatic N) is 6. The lowest BCUT2D eigenvalue weighted by Crippen LogP contribution is -2.51. The number of fused-ring (bicyclic) bond motifs is 3. The fraction of sp³-hybridized carbons (Fsp3) is 0.375. The molecule has 0 bridgehead atoms. The molecule has 2 amide bonds. The van der Waals surface area contributed by atoms with Crippen LogP contribution in [0.3, 0.4) is 0 Å². The number of aromatic nitrogens is 5. The smallest absolute Gasteiger partial charge is 0.416 e. The highest BCUT2D eigenvalue weighted by atomic mass is 35.5. The minimum Gasteiger partial charge on any atom is -0.505 e. The minimum atomic E-state index is -4.61. The van der Waals surface area contributed by atoms with Gasteiger partial charge in [-0.1, -0.05) is 17.7 Å². The Kier molecular flexibility index (Phi) is 8.19. The highest BCUT2D eigenvalue weighted by Gasteiger charge is 2.50. The molecule has 256 valence electrons. The van der Waals surface area contributed by atoms with Crippen LogP contribution in [0.5, 0.6) is 5.75 Å². The summed E-state index contributed by atoms with van der Waals surface area (Å²) in [5, 5.41) is 17.0. The SMILES string of the molecule is CC1CC2(CCN1C(=O)c1ncccc1O)OCc1c2c(=O)n2nc(C3=CCOCC3)nc2n1CC(=O)Nc1ccc(C(F)(F)F)cc1Cl. The maximum Gasteiger partial charge on any atom is 0.416 e. The number of hydrogen-bond acceptors (Lipinski definition) is 9. The van der Waals surface area contributed by atoms with E-state index in [1.54, 1.807) is 4.90 Å². The monoisotopic (exact) mass is 699 g/mol. The lowest BCUT2D eigenvalue weighted by Gasteiger charge is -2.43. The Bertz CT molecular complexity index is 2100. The van der Waals surface area contributed by atoms with Gasteiger partial charge >= 0.3 is 6.18 Å². The molecule has 0 radical (unpaired) electrons. The molecule has 2 unspecified atom stereocenters. The van der Waals surface area contributed by atoms with Gasteiger partial charge in [-0.25, -0.2) is 4.98 Å². The van der Waals surface area contributed by atoms with Crippen molar-refractivity contribution in [3.8, 4) is 5.75 Å². The standard InChI is InChI=1S/C32H29ClF3N7O6/c1-17-14-31(8-10-41(17)29(47)26-23(44)3-2-9-37-26)25-22(16-49-31)42(15-24(45)38-21-5-4-19(13-20(21)33)32(34,35)36)30-39-27(40-43(30)28(25)46)18-6-11-48-12-7-18/h2-6,9,13,17,44H,7-8,10-12,14-16H2,1H3,(H,38,45). The number of nitrogens with one attached hydrogen (secondary N) is 1. The molecule has 1 aromatic carbocycles. The number of halogens is 4. The molecule has 3 aliphatic rings. The summed E-state index contributed by atoms with van der Waals surface area (Å²) < 4.78 is 54.0. The van der Waals surface area contributed by atoms with Crippen molar-refractivity contribution in [3.05, 3.63) is 86.3 Å². The first-order chi connectivity index (χ1) is 23.4. The first-order valence-electron chi connectivity index (χ1n) is 15.4. The van der Waals surface area contributed by atoms with Crippen LogP contribution in [0.25, 0.3) is 11.4 Å². The van der Waals surface area contributed by atoms with Crippen molar-refractivity contribution in [2.45, 2.75) is 57.2 Å². The summed E-state index contributed by atoms with van der Waals surface area (Å²) in [7, 11) is 0. The zero-order valence-electron chi connectivity index (χ0n) is 26.0. The summed E-state index contributed by atoms with van der Waals surface area (Å²) in [4.78, 5) is 51.3. The third-order valence-electron chi connectivity index (χ3n) is 9.08. The van der Waals surface area contributed by atoms with E-state index in [4.69, 9.17) is 21.1 Å². The molecular formula is C32H29ClF3N7O6. The predicted octanol–water partition coefficient (Wildman–Crippen LogP) is 4.16. The van der Waals surface area contributed by atoms with Crippen LogP contribution in [0.4, 0.5) is 18.9 Å². The molecule has 1 saturated heterocycles. The lowest BCUT2D eigenvalue weighted by atomic mass is 9.82. The topological polar surface area (TPSA) is 153 Å². The van der Waals surface area contributed by atoms with Gasteiger partial charge in [0.2, 0.25) is 11.7 Å². The third kappa shape index (κ3) is 5.82. The Labute approximate surface area is 280 Å². The van der Waals surface area contributed by atoms with E-state index in [1.165, 1.54) is 22.9 Å². The van der Waals surface area contributed by atoms with Crippen LogP contribution in [-0.4, -0.2) is 71.8 Å². The van der Waals surface area contributed by atoms with E-state index in [1.807, 2.05) is 13.0 Å². The molecule has 6 heterocycles. The summed E-state index contributed by atoms with van der Waals surface area (Å²) in [6, 6.07) is 5.06. The molecule has 2 N–H and O–H groups in total. The summed E-state index contributed by atoms with van der Waals surface area (Å²) >= 11 is 6.10. The van der Waals surface area contributed by atoms with Crippen LogP contribution in [0.2, 0.25) is 5.02 Å². The summed E-state index contributed by atoms with van der Waals surface area (Å²) in [5.74, 6) is -0.982. The van der Waals surface area contributed by atoms with Gasteiger partial charge in [-0.15, -0.1) is 5.10 Å². The van der Waals surface area contributed by atoms with Crippen LogP contribution in [-0.2, 0) is 39.2 Å². The number of alkyl halides is 3. The van der Waals surface area contributed by atoms with Gasteiger partial charge in [0, 0.05) is 25.2 Å². The van der Waals surface area contributed by atoms with Crippen molar-refractivity contribution in [1.82, 2.24) is 29.0 Å². The molecule has 1 fully saturated rings. The molecule has 3 aliphatic heterocycles. The Morgan fingerprint density at radius 1 is 1.24 bits per heavy atom. The van der Waals surface area contributed by atoms with Crippen molar-refractivity contribution in [2.24, 2.45) is 0 Å². The molecule has 4 aromatic rings. The Morgan fingerprint density at radius 3 is 2.76 bits per heavy atom. The number of likely N-dealkylation sites (tertiary alicyclic amines) is 1. The number of aromatic hydroxyl groups is 1. The van der Waals surface area contributed by atoms with E-state index >= 15 is 0 Å². The van der Waals surface area contributed by atoms with Crippen LogP contribution in [0.15, 0.2) is 47.4 Å². The lowest BCUT2D eigenvalue weighted by molar-refractivity contribution is -0.137. The number of amides is 2. The number of carbonyl (C=O) groups excluding carboxylic acids is 2. The number of carbonyl (C=O) groups is 2. The molecule has 0 aliphatic carbocycles. The molecular weight excluding hydrogens is 671 g/mol. The first-order valence-corrected chi connectivity index (χ1v) is 15.8. The maximum absolute atomic E-state index is 14.3. The van der Waals surface area contributed by atoms with Crippen molar-refractivity contribution in [1.29, 1.82) is 0 Å². The number of benzene rings is 1. The molecule has 7 rings (SSSR count). The first kappa shape index (κ1) is 32.7. The van der Waals surface area contributed by atoms with E-state index in [0.29, 0.717) is 31.2 Å². The van der Waals surface area contributed by atoms with Crippen molar-refractivity contribution >= 4 is 40.5 Å². The van der Waals surface area contributed by atoms with Gasteiger partial charge in [0.15, 0.2) is 11.5 Å². The normalized spacial score (nSPS) is 20.8. The zero-order chi connectivity index (χ0) is 34.7. The third-order valence-corrected chi connectivity index (χ3v) is 9.39. The molecule has 17 heteroatoms. The van der Waals surface area contributed by atoms with E-state index in [-0.39, 0.29) is 59.5 Å². The maximum atomic E-state index is 14.3. The number of pyridine rings is 1. The predicted molar refractivity (Wildman–Crippen MR) is 168 cm³/mol. The van der Waals surface area contributed by atoms with Crippen molar-refractivity contribution < 1.29 is 37.3 Å². The fourth-order valence-electron chi connectivity index (χ4n) is 6.71. The highest BCUT2D eigenvalue weighted by molar-refractivity contribution is 6.33. The Balaban J connectivity index is 1.26. The molecule has 0 saturated carbocycles. The Hall–Kier alpha value is -4.80. The number of piperidine rings is 1. The van der Waals surface area contributed by atoms with Gasteiger partial charge in [-0.05, 0) is 55.7 Å². The van der Waals surface area contributed by atoms with E-state index < -0.39 is 47.3 Å². The summed E-state index contributed by atoms with van der Waals surface area (Å²) in [6.45, 7) is 2.32. The largest absolute Gasteiger partial charge is 0.505 e. The minimum absolute atomic E-state index is 0.0274. The zero-order valence-corrected chi connectivity index (χ0v) is 26.7. The quantitative estimate of drug-likeness (QED) is 0.313. The van der Waals surface area contributed by atoms with Gasteiger partial charge in [0.1, 0.15) is 17.9 Å². The van der Waals surface area contributed by atoms with Crippen LogP contribution >= 0.6 is 11.6 Å². The van der Waals surface area contributed by atoms with E-state index in [2.05, 4.69) is 20.4 Å². The Morgan fingerprint density at radius 2 is 2.06 bits per heavy atom. The number of rotatable bonds is 5. The molecule has 49 heavy (non-hydrogen) atoms. The molecule has 3 aromatic heterocycles. The summed E-state index contributed by atoms with van der Waals surface area (Å²) in [5.41, 5.74) is -1.26. The number of anilines is 1. The van der Waals surface area contributed by atoms with Crippen molar-refractivity contribution in [3.63, 3.8) is 0 Å². The fourth-order valence-corrected chi connectivity index (χ4v) is 6.94. The van der Waals surface area contributed by atoms with Crippen LogP contribution < -0.4 is 10.9 Å². The average Bonchev–Trinajstić information content (AvgIpc) is 3.67. The van der Waals surface area contributed by atoms with E-state index in [9.17, 15) is 32.7 Å². The van der Waals surface area contributed by atoms with Gasteiger partial charge in [-0.2, -0.15) is 22.7 Å². The molecule has 2 atom stereocenters. The molecule has 1 spiro atoms. The van der Waals surface area contributed by atoms with Gasteiger partial charge < -0.3 is 29.4 Å². The van der Waals surface area contributed by atoms with Gasteiger partial charge in [-0.3, -0.25) is 14.4 Å². The average molecular weight is 700 g/mol. The number of ether oxygens (including phenoxy) is 2. The van der Waals surface area contributed by atoms with E-state index in [0.717, 1.165) is 28.3 Å². The van der Waals surface area contributed by atoms with Gasteiger partial charge in [0.05, 0.1) is 47.4 Å². The van der Waals surface area contributed by atoms with Crippen molar-refractivity contribution in [2.75, 3.05) is 25.1 Å². The molecule has 13 nitrogen and oxygen atoms in total. The second kappa shape index (κ2) is 12.3. The highest BCUT2D eigenvalue weighted by Crippen LogP contribution is 2.45. The summed E-state index contributed by atoms with van der Waals surface area (Å²) in [6.07, 6.45) is -0.427. The number of hydrogen-bond donors (Lipinski definition) is 2. The van der Waals surface area contributed by atoms with Crippen LogP contribution in [0.1, 0.15) is 59.3 Å². The van der Waals surface area contributed by atoms with Crippen LogP contribution in [0, 0.1) is 0 Å².